The number of piperidine rings is 1. The Hall–Kier alpha value is -0.770. The molecular weight excluding hydrogens is 298 g/mol. The van der Waals surface area contributed by atoms with E-state index in [0.29, 0.717) is 0 Å². The van der Waals surface area contributed by atoms with Crippen molar-refractivity contribution in [3.8, 4) is 5.75 Å². The number of rotatable bonds is 3. The van der Waals surface area contributed by atoms with E-state index in [2.05, 4.69) is 29.2 Å². The van der Waals surface area contributed by atoms with Crippen molar-refractivity contribution in [3.05, 3.63) is 29.8 Å². The van der Waals surface area contributed by atoms with Crippen molar-refractivity contribution in [2.24, 2.45) is 0 Å². The highest BCUT2D eigenvalue weighted by Gasteiger charge is 2.40. The third kappa shape index (κ3) is 3.42. The lowest BCUT2D eigenvalue weighted by Crippen LogP contribution is -2.51. The molecule has 124 valence electrons. The Labute approximate surface area is 140 Å². The summed E-state index contributed by atoms with van der Waals surface area (Å²) in [6.07, 6.45) is 8.20. The summed E-state index contributed by atoms with van der Waals surface area (Å²) in [6.45, 7) is 2.04. The third-order valence-electron chi connectivity index (χ3n) is 5.38. The molecule has 0 bridgehead atoms. The number of aliphatic hydroxyl groups excluding tert-OH is 1. The van der Waals surface area contributed by atoms with Crippen molar-refractivity contribution in [1.29, 1.82) is 0 Å². The number of aliphatic hydroxyl groups is 1. The van der Waals surface area contributed by atoms with Gasteiger partial charge < -0.3 is 9.84 Å². The van der Waals surface area contributed by atoms with Gasteiger partial charge in [-0.3, -0.25) is 4.90 Å². The van der Waals surface area contributed by atoms with Gasteiger partial charge in [0.25, 0.3) is 0 Å². The average molecular weight is 326 g/mol. The Morgan fingerprint density at radius 3 is 2.18 bits per heavy atom. The number of hydrogen-bond donors (Lipinski definition) is 1. The van der Waals surface area contributed by atoms with Gasteiger partial charge in [-0.15, -0.1) is 12.4 Å². The summed E-state index contributed by atoms with van der Waals surface area (Å²) < 4.78 is 5.30. The molecule has 0 amide bonds. The number of halogens is 1. The molecule has 2 aliphatic rings. The van der Waals surface area contributed by atoms with E-state index in [-0.39, 0.29) is 24.0 Å². The Morgan fingerprint density at radius 1 is 1.05 bits per heavy atom. The number of likely N-dealkylation sites (tertiary alicyclic amines) is 1. The molecule has 4 heteroatoms. The fourth-order valence-corrected chi connectivity index (χ4v) is 4.12. The van der Waals surface area contributed by atoms with Crippen molar-refractivity contribution in [2.75, 3.05) is 20.2 Å². The Kier molecular flexibility index (Phi) is 6.13. The second kappa shape index (κ2) is 7.67. The fraction of sp³-hybridized carbons (Fsp3) is 0.667. The van der Waals surface area contributed by atoms with E-state index < -0.39 is 0 Å². The maximum absolute atomic E-state index is 9.80. The first-order valence-electron chi connectivity index (χ1n) is 8.32. The molecule has 1 saturated heterocycles. The largest absolute Gasteiger partial charge is 0.497 e. The van der Waals surface area contributed by atoms with Gasteiger partial charge in [0.1, 0.15) is 5.75 Å². The van der Waals surface area contributed by atoms with Gasteiger partial charge in [-0.05, 0) is 43.4 Å². The Morgan fingerprint density at radius 2 is 1.64 bits per heavy atom. The molecule has 2 fully saturated rings. The zero-order valence-electron chi connectivity index (χ0n) is 13.5. The predicted octanol–water partition coefficient (Wildman–Crippen LogP) is 3.73. The van der Waals surface area contributed by atoms with E-state index in [4.69, 9.17) is 4.74 Å². The van der Waals surface area contributed by atoms with Crippen LogP contribution in [0.25, 0.3) is 0 Å². The molecule has 0 atom stereocenters. The molecule has 1 aliphatic heterocycles. The van der Waals surface area contributed by atoms with Gasteiger partial charge in [-0.1, -0.05) is 31.4 Å². The van der Waals surface area contributed by atoms with Gasteiger partial charge in [0, 0.05) is 18.6 Å². The maximum Gasteiger partial charge on any atom is 0.118 e. The lowest BCUT2D eigenvalue weighted by atomic mass is 9.74. The van der Waals surface area contributed by atoms with Crippen LogP contribution in [-0.2, 0) is 5.54 Å². The lowest BCUT2D eigenvalue weighted by Gasteiger charge is -2.49. The van der Waals surface area contributed by atoms with E-state index in [1.165, 1.54) is 37.7 Å². The van der Waals surface area contributed by atoms with Crippen LogP contribution in [-0.4, -0.2) is 36.3 Å². The highest BCUT2D eigenvalue weighted by molar-refractivity contribution is 5.85. The smallest absolute Gasteiger partial charge is 0.118 e. The first-order chi connectivity index (χ1) is 10.2. The summed E-state index contributed by atoms with van der Waals surface area (Å²) >= 11 is 0. The molecular formula is C18H28ClNO2. The van der Waals surface area contributed by atoms with E-state index in [9.17, 15) is 5.11 Å². The molecule has 3 nitrogen and oxygen atoms in total. The van der Waals surface area contributed by atoms with Crippen LogP contribution in [0.2, 0.25) is 0 Å². The topological polar surface area (TPSA) is 32.7 Å². The molecule has 0 spiro atoms. The van der Waals surface area contributed by atoms with Gasteiger partial charge >= 0.3 is 0 Å². The fourth-order valence-electron chi connectivity index (χ4n) is 4.12. The van der Waals surface area contributed by atoms with Crippen molar-refractivity contribution >= 4 is 12.4 Å². The van der Waals surface area contributed by atoms with E-state index in [1.54, 1.807) is 7.11 Å². The van der Waals surface area contributed by atoms with E-state index >= 15 is 0 Å². The zero-order valence-corrected chi connectivity index (χ0v) is 14.3. The van der Waals surface area contributed by atoms with Crippen molar-refractivity contribution in [3.63, 3.8) is 0 Å². The lowest BCUT2D eigenvalue weighted by molar-refractivity contribution is -0.00778. The molecule has 22 heavy (non-hydrogen) atoms. The standard InChI is InChI=1S/C18H27NO2.ClH/c1-21-17-7-5-15(6-8-17)18(11-3-2-4-12-18)19-13-9-16(20)10-14-19;/h5-8,16,20H,2-4,9-14H2,1H3;1H. The molecule has 1 aromatic rings. The summed E-state index contributed by atoms with van der Waals surface area (Å²) in [7, 11) is 1.72. The molecule has 1 N–H and O–H groups in total. The summed E-state index contributed by atoms with van der Waals surface area (Å²) in [4.78, 5) is 2.64. The molecule has 3 rings (SSSR count). The first kappa shape index (κ1) is 17.6. The summed E-state index contributed by atoms with van der Waals surface area (Å²) in [5.41, 5.74) is 1.62. The minimum absolute atomic E-state index is 0. The molecule has 1 aliphatic carbocycles. The van der Waals surface area contributed by atoms with Crippen LogP contribution in [0, 0.1) is 0 Å². The van der Waals surface area contributed by atoms with Crippen LogP contribution >= 0.6 is 12.4 Å². The maximum atomic E-state index is 9.80. The number of ether oxygens (including phenoxy) is 1. The van der Waals surface area contributed by atoms with Gasteiger partial charge in [0.05, 0.1) is 13.2 Å². The summed E-state index contributed by atoms with van der Waals surface area (Å²) in [5.74, 6) is 0.929. The molecule has 0 aromatic heterocycles. The van der Waals surface area contributed by atoms with E-state index in [0.717, 1.165) is 31.7 Å². The number of hydrogen-bond acceptors (Lipinski definition) is 3. The summed E-state index contributed by atoms with van der Waals surface area (Å²) in [6, 6.07) is 8.67. The van der Waals surface area contributed by atoms with Gasteiger partial charge in [-0.25, -0.2) is 0 Å². The van der Waals surface area contributed by atoms with Gasteiger partial charge in [0.2, 0.25) is 0 Å². The minimum Gasteiger partial charge on any atom is -0.497 e. The van der Waals surface area contributed by atoms with Crippen LogP contribution in [0.5, 0.6) is 5.75 Å². The normalized spacial score (nSPS) is 22.8. The first-order valence-corrected chi connectivity index (χ1v) is 8.32. The summed E-state index contributed by atoms with van der Waals surface area (Å²) in [5, 5.41) is 9.80. The number of methoxy groups -OCH3 is 1. The Bertz CT molecular complexity index is 449. The van der Waals surface area contributed by atoms with Crippen molar-refractivity contribution in [2.45, 2.75) is 56.6 Å². The monoisotopic (exact) mass is 325 g/mol. The third-order valence-corrected chi connectivity index (χ3v) is 5.38. The van der Waals surface area contributed by atoms with Crippen LogP contribution < -0.4 is 4.74 Å². The highest BCUT2D eigenvalue weighted by atomic mass is 35.5. The predicted molar refractivity (Wildman–Crippen MR) is 91.8 cm³/mol. The van der Waals surface area contributed by atoms with Gasteiger partial charge in [0.15, 0.2) is 0 Å². The Balaban J connectivity index is 0.00000176. The van der Waals surface area contributed by atoms with Crippen LogP contribution in [0.4, 0.5) is 0 Å². The second-order valence-electron chi connectivity index (χ2n) is 6.54. The average Bonchev–Trinajstić information content (AvgIpc) is 2.56. The quantitative estimate of drug-likeness (QED) is 0.919. The van der Waals surface area contributed by atoms with Crippen LogP contribution in [0.3, 0.4) is 0 Å². The molecule has 1 saturated carbocycles. The highest BCUT2D eigenvalue weighted by Crippen LogP contribution is 2.43. The van der Waals surface area contributed by atoms with Crippen LogP contribution in [0.15, 0.2) is 24.3 Å². The SMILES string of the molecule is COc1ccc(C2(N3CCC(O)CC3)CCCCC2)cc1.Cl. The second-order valence-corrected chi connectivity index (χ2v) is 6.54. The van der Waals surface area contributed by atoms with Crippen molar-refractivity contribution < 1.29 is 9.84 Å². The van der Waals surface area contributed by atoms with E-state index in [1.807, 2.05) is 0 Å². The minimum atomic E-state index is -0.0993. The number of nitrogens with zero attached hydrogens (tertiary/aromatic N) is 1. The van der Waals surface area contributed by atoms with Crippen molar-refractivity contribution in [1.82, 2.24) is 4.90 Å². The van der Waals surface area contributed by atoms with Crippen LogP contribution in [0.1, 0.15) is 50.5 Å². The molecule has 1 heterocycles. The van der Waals surface area contributed by atoms with Gasteiger partial charge in [-0.2, -0.15) is 0 Å². The molecule has 0 radical (unpaired) electrons. The number of benzene rings is 1. The zero-order chi connectivity index (χ0) is 14.7. The molecule has 0 unspecified atom stereocenters. The molecule has 1 aromatic carbocycles.